The van der Waals surface area contributed by atoms with Crippen LogP contribution in [0.1, 0.15) is 12.8 Å². The highest BCUT2D eigenvalue weighted by atomic mass is 16.3. The second kappa shape index (κ2) is 6.15. The van der Waals surface area contributed by atoms with Crippen LogP contribution in [0.5, 0.6) is 0 Å². The zero-order valence-corrected chi connectivity index (χ0v) is 11.4. The maximum absolute atomic E-state index is 10.2. The number of aliphatic hydroxyl groups excluding tert-OH is 1. The molecule has 0 radical (unpaired) electrons. The summed E-state index contributed by atoms with van der Waals surface area (Å²) in [6.45, 7) is 3.10. The van der Waals surface area contributed by atoms with Gasteiger partial charge in [0.25, 0.3) is 0 Å². The van der Waals surface area contributed by atoms with Crippen molar-refractivity contribution in [1.29, 1.82) is 0 Å². The van der Waals surface area contributed by atoms with Crippen molar-refractivity contribution < 1.29 is 5.11 Å². The molecule has 3 heterocycles. The summed E-state index contributed by atoms with van der Waals surface area (Å²) >= 11 is 0. The minimum absolute atomic E-state index is 0.397. The molecule has 1 saturated heterocycles. The van der Waals surface area contributed by atoms with Crippen LogP contribution < -0.4 is 0 Å². The highest BCUT2D eigenvalue weighted by Gasteiger charge is 2.26. The van der Waals surface area contributed by atoms with Gasteiger partial charge in [-0.05, 0) is 25.5 Å². The molecule has 1 N–H and O–H groups in total. The van der Waals surface area contributed by atoms with Gasteiger partial charge in [-0.25, -0.2) is 4.98 Å². The molecule has 20 heavy (non-hydrogen) atoms. The van der Waals surface area contributed by atoms with Crippen molar-refractivity contribution in [1.82, 2.24) is 29.4 Å². The van der Waals surface area contributed by atoms with Crippen LogP contribution in [-0.4, -0.2) is 59.8 Å². The predicted molar refractivity (Wildman–Crippen MR) is 72.9 cm³/mol. The zero-order chi connectivity index (χ0) is 13.8. The molecule has 0 bridgehead atoms. The molecule has 3 rings (SSSR count). The molecule has 0 unspecified atom stereocenters. The van der Waals surface area contributed by atoms with E-state index < -0.39 is 6.10 Å². The zero-order valence-electron chi connectivity index (χ0n) is 11.4. The molecule has 2 aromatic heterocycles. The number of likely N-dealkylation sites (tertiary alicyclic amines) is 1. The number of hydrogen-bond acceptors (Lipinski definition) is 5. The second-order valence-electron chi connectivity index (χ2n) is 5.29. The number of rotatable bonds is 6. The second-order valence-corrected chi connectivity index (χ2v) is 5.29. The number of aliphatic hydroxyl groups is 1. The van der Waals surface area contributed by atoms with E-state index in [0.717, 1.165) is 19.5 Å². The third kappa shape index (κ3) is 3.23. The SMILES string of the molecule is O[C@@H](CN1CCC[C@@H]1Cn1cncn1)Cn1cccn1. The van der Waals surface area contributed by atoms with Gasteiger partial charge in [-0.2, -0.15) is 10.2 Å². The van der Waals surface area contributed by atoms with E-state index in [-0.39, 0.29) is 0 Å². The first-order chi connectivity index (χ1) is 9.81. The maximum Gasteiger partial charge on any atom is 0.137 e. The molecule has 0 saturated carbocycles. The molecule has 2 aromatic rings. The maximum atomic E-state index is 10.2. The minimum Gasteiger partial charge on any atom is -0.390 e. The Balaban J connectivity index is 1.53. The Bertz CT molecular complexity index is 497. The van der Waals surface area contributed by atoms with E-state index >= 15 is 0 Å². The van der Waals surface area contributed by atoms with Crippen molar-refractivity contribution in [3.63, 3.8) is 0 Å². The first-order valence-corrected chi connectivity index (χ1v) is 7.03. The van der Waals surface area contributed by atoms with Crippen LogP contribution in [0, 0.1) is 0 Å². The lowest BCUT2D eigenvalue weighted by molar-refractivity contribution is 0.0846. The van der Waals surface area contributed by atoms with Crippen molar-refractivity contribution in [2.45, 2.75) is 38.1 Å². The molecule has 0 amide bonds. The van der Waals surface area contributed by atoms with Gasteiger partial charge < -0.3 is 5.11 Å². The summed E-state index contributed by atoms with van der Waals surface area (Å²) in [6, 6.07) is 2.31. The molecule has 0 spiro atoms. The van der Waals surface area contributed by atoms with Crippen LogP contribution in [0.4, 0.5) is 0 Å². The molecule has 1 fully saturated rings. The Labute approximate surface area is 117 Å². The van der Waals surface area contributed by atoms with E-state index in [0.29, 0.717) is 19.1 Å². The van der Waals surface area contributed by atoms with Crippen LogP contribution in [0.2, 0.25) is 0 Å². The van der Waals surface area contributed by atoms with Gasteiger partial charge in [0.05, 0.1) is 19.2 Å². The molecule has 0 aliphatic carbocycles. The third-order valence-corrected chi connectivity index (χ3v) is 3.77. The average molecular weight is 276 g/mol. The quantitative estimate of drug-likeness (QED) is 0.804. The molecular weight excluding hydrogens is 256 g/mol. The first-order valence-electron chi connectivity index (χ1n) is 7.03. The predicted octanol–water partition coefficient (Wildman–Crippen LogP) is 0.0001000. The highest BCUT2D eigenvalue weighted by Crippen LogP contribution is 2.19. The Morgan fingerprint density at radius 1 is 1.25 bits per heavy atom. The Morgan fingerprint density at radius 3 is 2.95 bits per heavy atom. The normalized spacial score (nSPS) is 21.4. The van der Waals surface area contributed by atoms with Crippen molar-refractivity contribution in [3.05, 3.63) is 31.1 Å². The van der Waals surface area contributed by atoms with Crippen LogP contribution in [0.15, 0.2) is 31.1 Å². The lowest BCUT2D eigenvalue weighted by Gasteiger charge is -2.26. The fraction of sp³-hybridized carbons (Fsp3) is 0.615. The molecule has 2 atom stereocenters. The third-order valence-electron chi connectivity index (χ3n) is 3.77. The van der Waals surface area contributed by atoms with Crippen molar-refractivity contribution in [2.75, 3.05) is 13.1 Å². The number of nitrogens with zero attached hydrogens (tertiary/aromatic N) is 6. The highest BCUT2D eigenvalue weighted by molar-refractivity contribution is 4.83. The van der Waals surface area contributed by atoms with Gasteiger partial charge >= 0.3 is 0 Å². The molecule has 0 aromatic carbocycles. The summed E-state index contributed by atoms with van der Waals surface area (Å²) in [7, 11) is 0. The van der Waals surface area contributed by atoms with Crippen LogP contribution in [-0.2, 0) is 13.1 Å². The van der Waals surface area contributed by atoms with Crippen molar-refractivity contribution in [3.8, 4) is 0 Å². The van der Waals surface area contributed by atoms with Crippen LogP contribution in [0.25, 0.3) is 0 Å². The van der Waals surface area contributed by atoms with Gasteiger partial charge in [0, 0.05) is 25.0 Å². The smallest absolute Gasteiger partial charge is 0.137 e. The number of aromatic nitrogens is 5. The lowest BCUT2D eigenvalue weighted by atomic mass is 10.2. The van der Waals surface area contributed by atoms with E-state index in [9.17, 15) is 5.11 Å². The molecule has 7 nitrogen and oxygen atoms in total. The topological polar surface area (TPSA) is 72.0 Å². The summed E-state index contributed by atoms with van der Waals surface area (Å²) in [5.41, 5.74) is 0. The fourth-order valence-corrected chi connectivity index (χ4v) is 2.84. The average Bonchev–Trinajstić information content (AvgIpc) is 3.14. The largest absolute Gasteiger partial charge is 0.390 e. The van der Waals surface area contributed by atoms with Crippen LogP contribution >= 0.6 is 0 Å². The van der Waals surface area contributed by atoms with Gasteiger partial charge in [0.15, 0.2) is 0 Å². The van der Waals surface area contributed by atoms with Gasteiger partial charge in [0.2, 0.25) is 0 Å². The van der Waals surface area contributed by atoms with Crippen molar-refractivity contribution in [2.24, 2.45) is 0 Å². The summed E-state index contributed by atoms with van der Waals surface area (Å²) in [6.07, 6.45) is 8.84. The van der Waals surface area contributed by atoms with E-state index in [2.05, 4.69) is 20.1 Å². The standard InChI is InChI=1S/C13H20N6O/c20-13(9-18-6-2-4-15-18)8-17-5-1-3-12(17)7-19-11-14-10-16-19/h2,4,6,10-13,20H,1,3,5,7-9H2/t12-,13+/m1/s1. The van der Waals surface area contributed by atoms with Crippen LogP contribution in [0.3, 0.4) is 0 Å². The number of hydrogen-bond donors (Lipinski definition) is 1. The van der Waals surface area contributed by atoms with E-state index in [1.807, 2.05) is 16.9 Å². The summed E-state index contributed by atoms with van der Waals surface area (Å²) in [5.74, 6) is 0. The summed E-state index contributed by atoms with van der Waals surface area (Å²) < 4.78 is 3.63. The van der Waals surface area contributed by atoms with Gasteiger partial charge in [-0.3, -0.25) is 14.3 Å². The Kier molecular flexibility index (Phi) is 4.08. The molecule has 1 aliphatic heterocycles. The van der Waals surface area contributed by atoms with Gasteiger partial charge in [-0.15, -0.1) is 0 Å². The lowest BCUT2D eigenvalue weighted by Crippen LogP contribution is -2.40. The molecule has 1 aliphatic rings. The molecule has 7 heteroatoms. The first kappa shape index (κ1) is 13.3. The summed E-state index contributed by atoms with van der Waals surface area (Å²) in [5, 5.41) is 18.5. The van der Waals surface area contributed by atoms with Gasteiger partial charge in [-0.1, -0.05) is 0 Å². The van der Waals surface area contributed by atoms with E-state index in [1.54, 1.807) is 23.5 Å². The van der Waals surface area contributed by atoms with Crippen molar-refractivity contribution >= 4 is 0 Å². The fourth-order valence-electron chi connectivity index (χ4n) is 2.84. The minimum atomic E-state index is -0.397. The molecular formula is C13H20N6O. The van der Waals surface area contributed by atoms with E-state index in [1.165, 1.54) is 6.42 Å². The monoisotopic (exact) mass is 276 g/mol. The molecule has 108 valence electrons. The van der Waals surface area contributed by atoms with E-state index in [4.69, 9.17) is 0 Å². The van der Waals surface area contributed by atoms with Gasteiger partial charge in [0.1, 0.15) is 12.7 Å². The summed E-state index contributed by atoms with van der Waals surface area (Å²) in [4.78, 5) is 6.32. The Morgan fingerprint density at radius 2 is 2.20 bits per heavy atom. The number of β-amino-alcohol motifs (C(OH)–C–C–N with tert-alkyl or cyclic N) is 1. The Hall–Kier alpha value is -1.73.